The highest BCUT2D eigenvalue weighted by molar-refractivity contribution is 7.17. The molecule has 0 saturated heterocycles. The van der Waals surface area contributed by atoms with E-state index in [0.717, 1.165) is 33.1 Å². The van der Waals surface area contributed by atoms with Crippen LogP contribution in [0.2, 0.25) is 0 Å². The van der Waals surface area contributed by atoms with Gasteiger partial charge in [0.25, 0.3) is 5.91 Å². The van der Waals surface area contributed by atoms with E-state index in [2.05, 4.69) is 9.97 Å². The fraction of sp³-hybridized carbons (Fsp3) is 0.500. The summed E-state index contributed by atoms with van der Waals surface area (Å²) in [6, 6.07) is 6.21. The second-order valence-electron chi connectivity index (χ2n) is 6.73. The average molecular weight is 327 g/mol. The van der Waals surface area contributed by atoms with E-state index in [9.17, 15) is 4.79 Å². The van der Waals surface area contributed by atoms with Crippen molar-refractivity contribution in [3.63, 3.8) is 0 Å². The average Bonchev–Trinajstić information content (AvgIpc) is 3.49. The Labute approximate surface area is 140 Å². The largest absolute Gasteiger partial charge is 0.337 e. The molecule has 23 heavy (non-hydrogen) atoms. The molecule has 2 heterocycles. The van der Waals surface area contributed by atoms with E-state index in [1.165, 1.54) is 37.0 Å². The van der Waals surface area contributed by atoms with Gasteiger partial charge in [-0.05, 0) is 56.6 Å². The molecular weight excluding hydrogens is 306 g/mol. The Balaban J connectivity index is 1.59. The first-order valence-electron chi connectivity index (χ1n) is 8.31. The highest BCUT2D eigenvalue weighted by atomic mass is 32.1. The normalized spacial score (nSPS) is 17.5. The number of rotatable bonds is 5. The van der Waals surface area contributed by atoms with E-state index in [1.54, 1.807) is 6.20 Å². The van der Waals surface area contributed by atoms with Crippen LogP contribution >= 0.6 is 11.3 Å². The van der Waals surface area contributed by atoms with Gasteiger partial charge >= 0.3 is 0 Å². The van der Waals surface area contributed by atoms with Gasteiger partial charge in [0, 0.05) is 19.3 Å². The summed E-state index contributed by atoms with van der Waals surface area (Å²) in [5, 5.41) is 0.828. The van der Waals surface area contributed by atoms with Gasteiger partial charge in [0.15, 0.2) is 0 Å². The predicted molar refractivity (Wildman–Crippen MR) is 91.4 cm³/mol. The van der Waals surface area contributed by atoms with E-state index in [1.807, 2.05) is 37.1 Å². The molecule has 0 spiro atoms. The van der Waals surface area contributed by atoms with Crippen molar-refractivity contribution in [3.8, 4) is 10.7 Å². The lowest BCUT2D eigenvalue weighted by Crippen LogP contribution is -2.40. The zero-order valence-electron chi connectivity index (χ0n) is 13.5. The summed E-state index contributed by atoms with van der Waals surface area (Å²) in [6.45, 7) is 1.92. The lowest BCUT2D eigenvalue weighted by atomic mass is 10.1. The second kappa shape index (κ2) is 5.71. The van der Waals surface area contributed by atoms with Crippen molar-refractivity contribution in [3.05, 3.63) is 35.0 Å². The quantitative estimate of drug-likeness (QED) is 0.839. The van der Waals surface area contributed by atoms with Crippen LogP contribution in [0.5, 0.6) is 0 Å². The van der Waals surface area contributed by atoms with Crippen LogP contribution in [0.25, 0.3) is 10.7 Å². The third kappa shape index (κ3) is 2.90. The number of aryl methyl sites for hydroxylation is 1. The maximum Gasteiger partial charge on any atom is 0.265 e. The fourth-order valence-electron chi connectivity index (χ4n) is 3.38. The minimum Gasteiger partial charge on any atom is -0.337 e. The molecule has 2 aliphatic carbocycles. The first-order valence-corrected chi connectivity index (χ1v) is 9.13. The van der Waals surface area contributed by atoms with Gasteiger partial charge in [-0.2, -0.15) is 0 Å². The molecule has 4 nitrogen and oxygen atoms in total. The van der Waals surface area contributed by atoms with Gasteiger partial charge in [-0.3, -0.25) is 9.78 Å². The molecule has 2 saturated carbocycles. The summed E-state index contributed by atoms with van der Waals surface area (Å²) in [4.78, 5) is 24.7. The monoisotopic (exact) mass is 327 g/mol. The van der Waals surface area contributed by atoms with E-state index >= 15 is 0 Å². The van der Waals surface area contributed by atoms with Crippen LogP contribution in [0, 0.1) is 18.8 Å². The summed E-state index contributed by atoms with van der Waals surface area (Å²) in [5.41, 5.74) is 1.65. The maximum absolute atomic E-state index is 13.0. The number of carbonyl (C=O) groups is 1. The van der Waals surface area contributed by atoms with Crippen LogP contribution in [0.4, 0.5) is 0 Å². The number of thiazole rings is 1. The first-order chi connectivity index (χ1) is 11.1. The molecule has 0 atom stereocenters. The molecule has 2 aromatic rings. The number of aromatic nitrogens is 2. The van der Waals surface area contributed by atoms with Crippen molar-refractivity contribution in [1.29, 1.82) is 0 Å². The van der Waals surface area contributed by atoms with Gasteiger partial charge in [0.2, 0.25) is 0 Å². The highest BCUT2D eigenvalue weighted by Crippen LogP contribution is 2.47. The molecule has 2 aliphatic rings. The van der Waals surface area contributed by atoms with Crippen LogP contribution in [0.15, 0.2) is 24.4 Å². The third-order valence-electron chi connectivity index (χ3n) is 4.85. The van der Waals surface area contributed by atoms with Crippen LogP contribution in [0.1, 0.15) is 41.0 Å². The molecule has 0 aliphatic heterocycles. The Morgan fingerprint density at radius 2 is 1.96 bits per heavy atom. The predicted octanol–water partition coefficient (Wildman–Crippen LogP) is 3.77. The molecule has 0 unspecified atom stereocenters. The summed E-state index contributed by atoms with van der Waals surface area (Å²) in [7, 11) is 1.98. The summed E-state index contributed by atoms with van der Waals surface area (Å²) < 4.78 is 0. The minimum absolute atomic E-state index is 0.131. The van der Waals surface area contributed by atoms with Crippen LogP contribution < -0.4 is 0 Å². The molecule has 1 amide bonds. The van der Waals surface area contributed by atoms with Crippen molar-refractivity contribution in [2.75, 3.05) is 7.05 Å². The number of nitrogens with zero attached hydrogens (tertiary/aromatic N) is 3. The van der Waals surface area contributed by atoms with Gasteiger partial charge in [-0.25, -0.2) is 4.98 Å². The van der Waals surface area contributed by atoms with Crippen LogP contribution in [-0.4, -0.2) is 33.9 Å². The van der Waals surface area contributed by atoms with Gasteiger partial charge in [0.05, 0.1) is 11.4 Å². The van der Waals surface area contributed by atoms with Gasteiger partial charge < -0.3 is 4.90 Å². The topological polar surface area (TPSA) is 46.1 Å². The van der Waals surface area contributed by atoms with E-state index in [-0.39, 0.29) is 5.91 Å². The second-order valence-corrected chi connectivity index (χ2v) is 7.73. The van der Waals surface area contributed by atoms with Gasteiger partial charge in [-0.15, -0.1) is 11.3 Å². The molecular formula is C18H21N3OS. The minimum atomic E-state index is 0.131. The van der Waals surface area contributed by atoms with E-state index in [0.29, 0.717) is 6.04 Å². The zero-order valence-corrected chi connectivity index (χ0v) is 14.3. The molecule has 2 aromatic heterocycles. The molecule has 4 rings (SSSR count). The number of pyridine rings is 1. The Morgan fingerprint density at radius 3 is 2.52 bits per heavy atom. The summed E-state index contributed by atoms with van der Waals surface area (Å²) >= 11 is 1.47. The summed E-state index contributed by atoms with van der Waals surface area (Å²) in [5.74, 6) is 1.57. The molecule has 0 bridgehead atoms. The highest BCUT2D eigenvalue weighted by Gasteiger charge is 2.45. The lowest BCUT2D eigenvalue weighted by molar-refractivity contribution is 0.0694. The van der Waals surface area contributed by atoms with Crippen molar-refractivity contribution in [2.45, 2.75) is 38.6 Å². The number of amides is 1. The Kier molecular flexibility index (Phi) is 3.68. The van der Waals surface area contributed by atoms with Crippen molar-refractivity contribution in [2.24, 2.45) is 11.8 Å². The number of hydrogen-bond donors (Lipinski definition) is 0. The number of hydrogen-bond acceptors (Lipinski definition) is 4. The Bertz CT molecular complexity index is 707. The zero-order chi connectivity index (χ0) is 16.0. The lowest BCUT2D eigenvalue weighted by Gasteiger charge is -2.28. The molecule has 5 heteroatoms. The fourth-order valence-corrected chi connectivity index (χ4v) is 4.41. The van der Waals surface area contributed by atoms with Gasteiger partial charge in [-0.1, -0.05) is 6.07 Å². The van der Waals surface area contributed by atoms with Gasteiger partial charge in [0.1, 0.15) is 9.88 Å². The first kappa shape index (κ1) is 14.8. The van der Waals surface area contributed by atoms with Crippen LogP contribution in [-0.2, 0) is 0 Å². The third-order valence-corrected chi connectivity index (χ3v) is 6.02. The van der Waals surface area contributed by atoms with Crippen molar-refractivity contribution in [1.82, 2.24) is 14.9 Å². The molecule has 0 aromatic carbocycles. The van der Waals surface area contributed by atoms with Crippen molar-refractivity contribution >= 4 is 17.2 Å². The number of carbonyl (C=O) groups excluding carboxylic acids is 1. The molecule has 120 valence electrons. The van der Waals surface area contributed by atoms with E-state index in [4.69, 9.17) is 0 Å². The Hall–Kier alpha value is -1.75. The van der Waals surface area contributed by atoms with Crippen molar-refractivity contribution < 1.29 is 4.79 Å². The maximum atomic E-state index is 13.0. The summed E-state index contributed by atoms with van der Waals surface area (Å²) in [6.07, 6.45) is 6.87. The standard InChI is InChI=1S/C18H21N3OS/c1-11-16(23-17(20-11)14-5-3-4-10-19-14)18(22)21(2)15(12-6-7-12)13-8-9-13/h3-5,10,12-13,15H,6-9H2,1-2H3. The smallest absolute Gasteiger partial charge is 0.265 e. The van der Waals surface area contributed by atoms with Crippen LogP contribution in [0.3, 0.4) is 0 Å². The Morgan fingerprint density at radius 1 is 1.26 bits per heavy atom. The molecule has 2 fully saturated rings. The van der Waals surface area contributed by atoms with E-state index < -0.39 is 0 Å². The molecule has 0 radical (unpaired) electrons. The molecule has 0 N–H and O–H groups in total. The SMILES string of the molecule is Cc1nc(-c2ccccn2)sc1C(=O)N(C)C(C1CC1)C1CC1.